The zero-order valence-corrected chi connectivity index (χ0v) is 17.7. The second-order valence-corrected chi connectivity index (χ2v) is 8.95. The van der Waals surface area contributed by atoms with Gasteiger partial charge in [-0.1, -0.05) is 56.5 Å². The maximum Gasteiger partial charge on any atom is 0.324 e. The van der Waals surface area contributed by atoms with Crippen LogP contribution in [0.5, 0.6) is 0 Å². The molecule has 0 bridgehead atoms. The van der Waals surface area contributed by atoms with E-state index < -0.39 is 22.0 Å². The van der Waals surface area contributed by atoms with E-state index in [1.807, 2.05) is 6.92 Å². The van der Waals surface area contributed by atoms with Crippen molar-refractivity contribution >= 4 is 50.0 Å². The molecule has 27 heavy (non-hydrogen) atoms. The van der Waals surface area contributed by atoms with Gasteiger partial charge in [0.05, 0.1) is 16.5 Å². The summed E-state index contributed by atoms with van der Waals surface area (Å²) in [5.74, 6) is -0.875. The largest absolute Gasteiger partial charge is 0.464 e. The molecular weight excluding hydrogens is 411 g/mol. The minimum absolute atomic E-state index is 0.0343. The SMILES string of the molecule is CCCCOC(=O)[C@H](NS(=O)(=O)c1ccc2c(Cl)cnc(Cl)c2c1)C(C)C. The minimum atomic E-state index is -3.98. The zero-order chi connectivity index (χ0) is 20.2. The van der Waals surface area contributed by atoms with Crippen LogP contribution in [0.1, 0.15) is 33.6 Å². The number of rotatable bonds is 8. The number of ether oxygens (including phenoxy) is 1. The van der Waals surface area contributed by atoms with Crippen LogP contribution in [0.25, 0.3) is 10.8 Å². The molecule has 0 radical (unpaired) electrons. The Bertz CT molecular complexity index is 932. The second kappa shape index (κ2) is 9.19. The summed E-state index contributed by atoms with van der Waals surface area (Å²) in [4.78, 5) is 16.2. The van der Waals surface area contributed by atoms with Gasteiger partial charge in [-0.15, -0.1) is 0 Å². The van der Waals surface area contributed by atoms with E-state index in [1.54, 1.807) is 19.9 Å². The van der Waals surface area contributed by atoms with E-state index in [0.29, 0.717) is 15.8 Å². The first kappa shape index (κ1) is 21.9. The fourth-order valence-electron chi connectivity index (χ4n) is 2.42. The van der Waals surface area contributed by atoms with Crippen molar-refractivity contribution in [3.63, 3.8) is 0 Å². The van der Waals surface area contributed by atoms with Gasteiger partial charge in [0.15, 0.2) is 0 Å². The molecule has 1 aromatic heterocycles. The predicted octanol–water partition coefficient (Wildman–Crippen LogP) is 4.19. The third-order valence-electron chi connectivity index (χ3n) is 4.02. The Morgan fingerprint density at radius 3 is 2.59 bits per heavy atom. The van der Waals surface area contributed by atoms with Crippen molar-refractivity contribution in [2.75, 3.05) is 6.61 Å². The van der Waals surface area contributed by atoms with Crippen LogP contribution in [0.2, 0.25) is 10.2 Å². The normalized spacial score (nSPS) is 13.1. The van der Waals surface area contributed by atoms with Crippen molar-refractivity contribution in [3.05, 3.63) is 34.6 Å². The van der Waals surface area contributed by atoms with Gasteiger partial charge in [-0.05, 0) is 24.5 Å². The number of carbonyl (C=O) groups is 1. The summed E-state index contributed by atoms with van der Waals surface area (Å²) < 4.78 is 33.2. The Hall–Kier alpha value is -1.41. The Morgan fingerprint density at radius 1 is 1.26 bits per heavy atom. The standard InChI is InChI=1S/C18H22Cl2N2O4S/c1-4-5-8-26-18(23)16(11(2)3)22-27(24,25)12-6-7-13-14(9-12)17(20)21-10-15(13)19/h6-7,9-11,16,22H,4-5,8H2,1-3H3/t16-/m1/s1. The van der Waals surface area contributed by atoms with E-state index in [-0.39, 0.29) is 22.6 Å². The fraction of sp³-hybridized carbons (Fsp3) is 0.444. The number of aromatic nitrogens is 1. The Balaban J connectivity index is 2.32. The minimum Gasteiger partial charge on any atom is -0.464 e. The number of esters is 1. The molecule has 0 amide bonds. The van der Waals surface area contributed by atoms with E-state index in [0.717, 1.165) is 12.8 Å². The Labute approximate surface area is 169 Å². The zero-order valence-electron chi connectivity index (χ0n) is 15.3. The van der Waals surface area contributed by atoms with Gasteiger partial charge in [0.2, 0.25) is 10.0 Å². The molecule has 0 saturated carbocycles. The molecule has 1 aromatic carbocycles. The summed E-state index contributed by atoms with van der Waals surface area (Å²) in [7, 11) is -3.98. The number of benzene rings is 1. The number of pyridine rings is 1. The van der Waals surface area contributed by atoms with E-state index in [2.05, 4.69) is 9.71 Å². The van der Waals surface area contributed by atoms with Gasteiger partial charge in [-0.25, -0.2) is 13.4 Å². The predicted molar refractivity (Wildman–Crippen MR) is 107 cm³/mol. The lowest BCUT2D eigenvalue weighted by Gasteiger charge is -2.21. The molecule has 6 nitrogen and oxygen atoms in total. The van der Waals surface area contributed by atoms with E-state index in [9.17, 15) is 13.2 Å². The van der Waals surface area contributed by atoms with Crippen LogP contribution in [0.15, 0.2) is 29.3 Å². The molecule has 0 aliphatic rings. The number of hydrogen-bond donors (Lipinski definition) is 1. The highest BCUT2D eigenvalue weighted by Crippen LogP contribution is 2.29. The molecule has 2 rings (SSSR count). The topological polar surface area (TPSA) is 85.4 Å². The summed E-state index contributed by atoms with van der Waals surface area (Å²) in [6.45, 7) is 5.73. The monoisotopic (exact) mass is 432 g/mol. The quantitative estimate of drug-likeness (QED) is 0.383. The molecular formula is C18H22Cl2N2O4S. The molecule has 1 atom stereocenters. The van der Waals surface area contributed by atoms with Crippen LogP contribution >= 0.6 is 23.2 Å². The molecule has 1 heterocycles. The number of carbonyl (C=O) groups excluding carboxylic acids is 1. The third kappa shape index (κ3) is 5.31. The number of nitrogens with one attached hydrogen (secondary N) is 1. The van der Waals surface area contributed by atoms with Crippen LogP contribution in [-0.4, -0.2) is 32.0 Å². The maximum atomic E-state index is 12.8. The third-order valence-corrected chi connectivity index (χ3v) is 6.06. The lowest BCUT2D eigenvalue weighted by molar-refractivity contribution is -0.146. The van der Waals surface area contributed by atoms with Crippen molar-refractivity contribution in [3.8, 4) is 0 Å². The second-order valence-electron chi connectivity index (χ2n) is 6.47. The highest BCUT2D eigenvalue weighted by molar-refractivity contribution is 7.89. The highest BCUT2D eigenvalue weighted by Gasteiger charge is 2.30. The van der Waals surface area contributed by atoms with Gasteiger partial charge in [0.25, 0.3) is 0 Å². The molecule has 148 valence electrons. The van der Waals surface area contributed by atoms with E-state index in [4.69, 9.17) is 27.9 Å². The van der Waals surface area contributed by atoms with Crippen LogP contribution in [0.4, 0.5) is 0 Å². The lowest BCUT2D eigenvalue weighted by atomic mass is 10.1. The molecule has 0 unspecified atom stereocenters. The number of nitrogens with zero attached hydrogens (tertiary/aromatic N) is 1. The molecule has 0 aliphatic carbocycles. The highest BCUT2D eigenvalue weighted by atomic mass is 35.5. The molecule has 0 spiro atoms. The first-order valence-electron chi connectivity index (χ1n) is 8.60. The first-order chi connectivity index (χ1) is 12.7. The fourth-order valence-corrected chi connectivity index (χ4v) is 4.20. The van der Waals surface area contributed by atoms with E-state index >= 15 is 0 Å². The molecule has 0 saturated heterocycles. The van der Waals surface area contributed by atoms with Gasteiger partial charge in [-0.3, -0.25) is 4.79 Å². The smallest absolute Gasteiger partial charge is 0.324 e. The molecule has 0 aliphatic heterocycles. The first-order valence-corrected chi connectivity index (χ1v) is 10.8. The van der Waals surface area contributed by atoms with Crippen molar-refractivity contribution in [2.24, 2.45) is 5.92 Å². The summed E-state index contributed by atoms with van der Waals surface area (Å²) in [5, 5.41) is 1.52. The van der Waals surface area contributed by atoms with Gasteiger partial charge < -0.3 is 4.74 Å². The van der Waals surface area contributed by atoms with Gasteiger partial charge in [0.1, 0.15) is 11.2 Å². The average Bonchev–Trinajstić information content (AvgIpc) is 2.62. The van der Waals surface area contributed by atoms with Crippen LogP contribution in [-0.2, 0) is 19.6 Å². The Kier molecular flexibility index (Phi) is 7.45. The molecule has 0 fully saturated rings. The molecule has 1 N–H and O–H groups in total. The van der Waals surface area contributed by atoms with Crippen LogP contribution in [0, 0.1) is 5.92 Å². The molecule has 2 aromatic rings. The summed E-state index contributed by atoms with van der Waals surface area (Å²) in [6.07, 6.45) is 3.00. The van der Waals surface area contributed by atoms with Gasteiger partial charge in [0, 0.05) is 17.0 Å². The van der Waals surface area contributed by atoms with Crippen LogP contribution in [0.3, 0.4) is 0 Å². The van der Waals surface area contributed by atoms with Gasteiger partial charge in [-0.2, -0.15) is 4.72 Å². The van der Waals surface area contributed by atoms with E-state index in [1.165, 1.54) is 18.3 Å². The van der Waals surface area contributed by atoms with Gasteiger partial charge >= 0.3 is 5.97 Å². The maximum absolute atomic E-state index is 12.8. The molecule has 9 heteroatoms. The average molecular weight is 433 g/mol. The van der Waals surface area contributed by atoms with Crippen molar-refractivity contribution in [2.45, 2.75) is 44.6 Å². The number of halogens is 2. The number of sulfonamides is 1. The number of hydrogen-bond acceptors (Lipinski definition) is 5. The van der Waals surface area contributed by atoms with Crippen LogP contribution < -0.4 is 4.72 Å². The summed E-state index contributed by atoms with van der Waals surface area (Å²) in [6, 6.07) is 3.37. The summed E-state index contributed by atoms with van der Waals surface area (Å²) in [5.41, 5.74) is 0. The lowest BCUT2D eigenvalue weighted by Crippen LogP contribution is -2.45. The number of unbranched alkanes of at least 4 members (excludes halogenated alkanes) is 1. The van der Waals surface area contributed by atoms with Crippen molar-refractivity contribution < 1.29 is 17.9 Å². The Morgan fingerprint density at radius 2 is 1.96 bits per heavy atom. The van der Waals surface area contributed by atoms with Crippen molar-refractivity contribution in [1.29, 1.82) is 0 Å². The van der Waals surface area contributed by atoms with Crippen molar-refractivity contribution in [1.82, 2.24) is 9.71 Å². The number of fused-ring (bicyclic) bond motifs is 1. The summed E-state index contributed by atoms with van der Waals surface area (Å²) >= 11 is 12.1.